The smallest absolute Gasteiger partial charge is 0.115 e. The number of aromatic hydroxyl groups is 1. The molecule has 0 atom stereocenters. The van der Waals surface area contributed by atoms with Gasteiger partial charge >= 0.3 is 0 Å². The number of nitrogens with one attached hydrogen (secondary N) is 1. The summed E-state index contributed by atoms with van der Waals surface area (Å²) >= 11 is 0. The highest BCUT2D eigenvalue weighted by Crippen LogP contribution is 2.27. The third-order valence-electron chi connectivity index (χ3n) is 4.74. The zero-order valence-electron chi connectivity index (χ0n) is 14.9. The molecule has 0 amide bonds. The first-order valence-electron chi connectivity index (χ1n) is 9.04. The van der Waals surface area contributed by atoms with Crippen molar-refractivity contribution < 1.29 is 10.2 Å². The first kappa shape index (κ1) is 17.0. The summed E-state index contributed by atoms with van der Waals surface area (Å²) in [5, 5.41) is 20.1. The highest BCUT2D eigenvalue weighted by Gasteiger charge is 2.08. The molecular formula is C24H21NO2. The Morgan fingerprint density at radius 2 is 1.59 bits per heavy atom. The number of hydrogen-bond acceptors (Lipinski definition) is 2. The fourth-order valence-corrected chi connectivity index (χ4v) is 3.23. The molecule has 0 bridgehead atoms. The van der Waals surface area contributed by atoms with Crippen molar-refractivity contribution in [2.75, 3.05) is 0 Å². The van der Waals surface area contributed by atoms with Gasteiger partial charge in [-0.2, -0.15) is 0 Å². The molecule has 0 saturated heterocycles. The fourth-order valence-electron chi connectivity index (χ4n) is 3.23. The van der Waals surface area contributed by atoms with Gasteiger partial charge in [-0.3, -0.25) is 0 Å². The number of aromatic nitrogens is 1. The van der Waals surface area contributed by atoms with Crippen LogP contribution in [0.1, 0.15) is 29.7 Å². The molecule has 0 radical (unpaired) electrons. The van der Waals surface area contributed by atoms with Gasteiger partial charge in [-0.25, -0.2) is 0 Å². The lowest BCUT2D eigenvalue weighted by Crippen LogP contribution is -1.90. The molecule has 3 aromatic rings. The van der Waals surface area contributed by atoms with Gasteiger partial charge < -0.3 is 15.2 Å². The second-order valence-corrected chi connectivity index (χ2v) is 6.66. The number of phenolic OH excluding ortho intramolecular Hbond substituents is 1. The summed E-state index contributed by atoms with van der Waals surface area (Å²) < 4.78 is 0. The van der Waals surface area contributed by atoms with E-state index >= 15 is 0 Å². The quantitative estimate of drug-likeness (QED) is 0.520. The summed E-state index contributed by atoms with van der Waals surface area (Å²) in [6, 6.07) is 15.4. The average Bonchev–Trinajstić information content (AvgIpc) is 3.05. The lowest BCUT2D eigenvalue weighted by atomic mass is 10.0. The van der Waals surface area contributed by atoms with Crippen molar-refractivity contribution in [1.29, 1.82) is 0 Å². The maximum absolute atomic E-state index is 9.52. The molecule has 3 nitrogen and oxygen atoms in total. The van der Waals surface area contributed by atoms with Gasteiger partial charge in [-0.05, 0) is 47.9 Å². The molecule has 1 aliphatic rings. The zero-order chi connectivity index (χ0) is 18.6. The lowest BCUT2D eigenvalue weighted by Gasteiger charge is -2.06. The fraction of sp³-hybridized carbons (Fsp3) is 0.0833. The van der Waals surface area contributed by atoms with Crippen molar-refractivity contribution in [2.45, 2.75) is 12.8 Å². The Morgan fingerprint density at radius 1 is 0.778 bits per heavy atom. The number of rotatable bonds is 4. The van der Waals surface area contributed by atoms with Crippen LogP contribution in [-0.2, 0) is 0 Å². The molecule has 0 aliphatic heterocycles. The SMILES string of the molecule is OC1=CC=C(/C=C/c2c(/C=C/c3ccc(O)cc3)[nH]c3ccccc23)CC1. The predicted octanol–water partition coefficient (Wildman–Crippen LogP) is 6.22. The summed E-state index contributed by atoms with van der Waals surface area (Å²) in [5.74, 6) is 0.707. The Labute approximate surface area is 158 Å². The van der Waals surface area contributed by atoms with Gasteiger partial charge in [0.1, 0.15) is 5.75 Å². The van der Waals surface area contributed by atoms with E-state index in [2.05, 4.69) is 35.3 Å². The first-order chi connectivity index (χ1) is 13.2. The number of phenols is 1. The average molecular weight is 355 g/mol. The standard InChI is InChI=1S/C24H21NO2/c26-19-11-5-17(6-12-19)9-15-22-21-3-1-2-4-23(21)25-24(22)16-10-18-7-13-20(27)14-8-18/h1-5,7-11,13-16,25-27H,6,12H2/b15-9+,16-10+. The van der Waals surface area contributed by atoms with Crippen LogP contribution in [0, 0.1) is 0 Å². The molecule has 27 heavy (non-hydrogen) atoms. The van der Waals surface area contributed by atoms with Crippen LogP contribution >= 0.6 is 0 Å². The Hall–Kier alpha value is -3.46. The highest BCUT2D eigenvalue weighted by molar-refractivity contribution is 5.94. The van der Waals surface area contributed by atoms with Crippen LogP contribution in [0.2, 0.25) is 0 Å². The molecule has 0 fully saturated rings. The van der Waals surface area contributed by atoms with E-state index in [4.69, 9.17) is 0 Å². The monoisotopic (exact) mass is 355 g/mol. The van der Waals surface area contributed by atoms with Gasteiger partial charge in [-0.15, -0.1) is 0 Å². The lowest BCUT2D eigenvalue weighted by molar-refractivity contribution is 0.386. The van der Waals surface area contributed by atoms with E-state index < -0.39 is 0 Å². The molecule has 1 heterocycles. The summed E-state index contributed by atoms with van der Waals surface area (Å²) in [4.78, 5) is 3.48. The second-order valence-electron chi connectivity index (χ2n) is 6.66. The molecule has 134 valence electrons. The molecule has 1 aromatic heterocycles. The number of para-hydroxylation sites is 1. The van der Waals surface area contributed by atoms with E-state index in [1.165, 1.54) is 11.0 Å². The van der Waals surface area contributed by atoms with Crippen LogP contribution in [0.25, 0.3) is 29.1 Å². The van der Waals surface area contributed by atoms with E-state index in [0.29, 0.717) is 12.2 Å². The molecule has 1 aliphatic carbocycles. The molecule has 0 spiro atoms. The third-order valence-corrected chi connectivity index (χ3v) is 4.74. The Morgan fingerprint density at radius 3 is 2.37 bits per heavy atom. The molecule has 0 unspecified atom stereocenters. The van der Waals surface area contributed by atoms with Crippen LogP contribution < -0.4 is 0 Å². The van der Waals surface area contributed by atoms with Gasteiger partial charge in [0.25, 0.3) is 0 Å². The number of aromatic amines is 1. The number of aliphatic hydroxyl groups excluding tert-OH is 1. The van der Waals surface area contributed by atoms with Crippen molar-refractivity contribution in [3.8, 4) is 5.75 Å². The molecular weight excluding hydrogens is 334 g/mol. The largest absolute Gasteiger partial charge is 0.512 e. The third kappa shape index (κ3) is 3.87. The van der Waals surface area contributed by atoms with Crippen LogP contribution in [0.4, 0.5) is 0 Å². The Kier molecular flexibility index (Phi) is 4.67. The van der Waals surface area contributed by atoms with E-state index in [1.807, 2.05) is 36.4 Å². The van der Waals surface area contributed by atoms with Crippen LogP contribution in [-0.4, -0.2) is 15.2 Å². The van der Waals surface area contributed by atoms with Crippen LogP contribution in [0.5, 0.6) is 5.75 Å². The number of benzene rings is 2. The van der Waals surface area contributed by atoms with E-state index in [9.17, 15) is 10.2 Å². The molecule has 2 aromatic carbocycles. The maximum Gasteiger partial charge on any atom is 0.115 e. The number of aliphatic hydroxyl groups is 1. The Bertz CT molecular complexity index is 1080. The zero-order valence-corrected chi connectivity index (χ0v) is 14.9. The Balaban J connectivity index is 1.70. The number of fused-ring (bicyclic) bond motifs is 1. The second kappa shape index (κ2) is 7.42. The van der Waals surface area contributed by atoms with Gasteiger partial charge in [-0.1, -0.05) is 54.6 Å². The maximum atomic E-state index is 9.52. The first-order valence-corrected chi connectivity index (χ1v) is 9.04. The summed E-state index contributed by atoms with van der Waals surface area (Å²) in [6.45, 7) is 0. The minimum Gasteiger partial charge on any atom is -0.512 e. The normalized spacial score (nSPS) is 14.8. The van der Waals surface area contributed by atoms with Gasteiger partial charge in [0.05, 0.1) is 5.76 Å². The highest BCUT2D eigenvalue weighted by atomic mass is 16.3. The van der Waals surface area contributed by atoms with Crippen LogP contribution in [0.15, 0.2) is 78.1 Å². The summed E-state index contributed by atoms with van der Waals surface area (Å²) in [6.07, 6.45) is 13.6. The molecule has 3 N–H and O–H groups in total. The minimum atomic E-state index is 0.266. The number of H-pyrrole nitrogens is 1. The molecule has 4 rings (SSSR count). The number of allylic oxidation sites excluding steroid dienone is 5. The van der Waals surface area contributed by atoms with Crippen molar-refractivity contribution >= 4 is 29.1 Å². The van der Waals surface area contributed by atoms with Gasteiger partial charge in [0, 0.05) is 28.6 Å². The summed E-state index contributed by atoms with van der Waals surface area (Å²) in [7, 11) is 0. The van der Waals surface area contributed by atoms with Gasteiger partial charge in [0.15, 0.2) is 0 Å². The minimum absolute atomic E-state index is 0.266. The van der Waals surface area contributed by atoms with E-state index in [-0.39, 0.29) is 5.75 Å². The van der Waals surface area contributed by atoms with Crippen molar-refractivity contribution in [1.82, 2.24) is 4.98 Å². The van der Waals surface area contributed by atoms with Crippen molar-refractivity contribution in [3.05, 3.63) is 94.9 Å². The topological polar surface area (TPSA) is 56.2 Å². The van der Waals surface area contributed by atoms with Crippen LogP contribution in [0.3, 0.4) is 0 Å². The predicted molar refractivity (Wildman–Crippen MR) is 112 cm³/mol. The van der Waals surface area contributed by atoms with Crippen molar-refractivity contribution in [3.63, 3.8) is 0 Å². The summed E-state index contributed by atoms with van der Waals surface area (Å²) in [5.41, 5.74) is 5.50. The van der Waals surface area contributed by atoms with Crippen molar-refractivity contribution in [2.24, 2.45) is 0 Å². The van der Waals surface area contributed by atoms with E-state index in [0.717, 1.165) is 28.8 Å². The van der Waals surface area contributed by atoms with E-state index in [1.54, 1.807) is 18.2 Å². The molecule has 0 saturated carbocycles. The number of hydrogen-bond donors (Lipinski definition) is 3. The van der Waals surface area contributed by atoms with Gasteiger partial charge in [0.2, 0.25) is 0 Å². The molecule has 3 heteroatoms.